The monoisotopic (exact) mass is 153 g/mol. The zero-order valence-electron chi connectivity index (χ0n) is 6.77. The number of nitrogens with zero attached hydrogens (tertiary/aromatic N) is 1. The molecule has 3 N–H and O–H groups in total. The molecule has 2 rings (SSSR count). The Kier molecular flexibility index (Phi) is 1.51. The number of hydrogen-bond donors (Lipinski definition) is 2. The number of hydrogen-bond acceptors (Lipinski definition) is 3. The Balaban J connectivity index is 2.01. The largest absolute Gasteiger partial charge is 0.370 e. The van der Waals surface area contributed by atoms with E-state index in [-0.39, 0.29) is 5.54 Å². The van der Waals surface area contributed by atoms with Crippen molar-refractivity contribution in [1.82, 2.24) is 5.32 Å². The third kappa shape index (κ3) is 1.19. The molecule has 0 aromatic rings. The summed E-state index contributed by atoms with van der Waals surface area (Å²) >= 11 is 0. The van der Waals surface area contributed by atoms with E-state index in [1.807, 2.05) is 0 Å². The third-order valence-electron chi connectivity index (χ3n) is 2.76. The second kappa shape index (κ2) is 2.40. The van der Waals surface area contributed by atoms with Gasteiger partial charge in [-0.2, -0.15) is 0 Å². The predicted octanol–water partition coefficient (Wildman–Crippen LogP) is 0.607. The summed E-state index contributed by atoms with van der Waals surface area (Å²) in [5.74, 6) is 0.645. The third-order valence-corrected chi connectivity index (χ3v) is 2.76. The first kappa shape index (κ1) is 6.95. The molecule has 1 aliphatic heterocycles. The van der Waals surface area contributed by atoms with Gasteiger partial charge in [-0.3, -0.25) is 4.99 Å². The van der Waals surface area contributed by atoms with Gasteiger partial charge < -0.3 is 11.1 Å². The Hall–Kier alpha value is -0.730. The fourth-order valence-corrected chi connectivity index (χ4v) is 2.10. The summed E-state index contributed by atoms with van der Waals surface area (Å²) in [6.07, 6.45) is 6.53. The molecule has 2 aliphatic rings. The molecule has 1 fully saturated rings. The minimum atomic E-state index is 0.266. The van der Waals surface area contributed by atoms with Crippen LogP contribution in [0.4, 0.5) is 0 Å². The summed E-state index contributed by atoms with van der Waals surface area (Å²) in [6, 6.07) is 0. The fourth-order valence-electron chi connectivity index (χ4n) is 2.10. The van der Waals surface area contributed by atoms with E-state index in [2.05, 4.69) is 10.3 Å². The Bertz CT molecular complexity index is 180. The summed E-state index contributed by atoms with van der Waals surface area (Å²) in [4.78, 5) is 4.20. The molecule has 62 valence electrons. The van der Waals surface area contributed by atoms with E-state index >= 15 is 0 Å². The maximum atomic E-state index is 5.58. The standard InChI is InChI=1S/C8H15N3/c9-7-10-6-8(11-7)4-2-1-3-5-8/h1-6H2,(H3,9,10,11). The molecule has 0 radical (unpaired) electrons. The van der Waals surface area contributed by atoms with Crippen LogP contribution in [0.25, 0.3) is 0 Å². The molecule has 0 amide bonds. The van der Waals surface area contributed by atoms with Crippen molar-refractivity contribution in [2.45, 2.75) is 37.6 Å². The van der Waals surface area contributed by atoms with Gasteiger partial charge in [-0.15, -0.1) is 0 Å². The lowest BCUT2D eigenvalue weighted by atomic mass is 9.82. The SMILES string of the molecule is NC1=NCC2(CCCCC2)N1. The Morgan fingerprint density at radius 3 is 2.55 bits per heavy atom. The average molecular weight is 153 g/mol. The molecule has 0 aromatic heterocycles. The summed E-state index contributed by atoms with van der Waals surface area (Å²) in [6.45, 7) is 0.902. The topological polar surface area (TPSA) is 50.4 Å². The molecule has 11 heavy (non-hydrogen) atoms. The maximum absolute atomic E-state index is 5.58. The van der Waals surface area contributed by atoms with Crippen molar-refractivity contribution < 1.29 is 0 Å². The highest BCUT2D eigenvalue weighted by Gasteiger charge is 2.35. The van der Waals surface area contributed by atoms with Crippen LogP contribution in [0, 0.1) is 0 Å². The van der Waals surface area contributed by atoms with E-state index in [4.69, 9.17) is 5.73 Å². The van der Waals surface area contributed by atoms with Crippen molar-refractivity contribution in [3.8, 4) is 0 Å². The zero-order valence-corrected chi connectivity index (χ0v) is 6.77. The van der Waals surface area contributed by atoms with Gasteiger partial charge in [0, 0.05) is 0 Å². The van der Waals surface area contributed by atoms with Crippen molar-refractivity contribution in [2.75, 3.05) is 6.54 Å². The first-order valence-electron chi connectivity index (χ1n) is 4.39. The van der Waals surface area contributed by atoms with E-state index in [1.165, 1.54) is 32.1 Å². The summed E-state index contributed by atoms with van der Waals surface area (Å²) in [5, 5.41) is 3.30. The van der Waals surface area contributed by atoms with E-state index in [0.717, 1.165) is 6.54 Å². The minimum absolute atomic E-state index is 0.266. The van der Waals surface area contributed by atoms with Crippen molar-refractivity contribution in [3.63, 3.8) is 0 Å². The number of nitrogens with two attached hydrogens (primary N) is 1. The van der Waals surface area contributed by atoms with Crippen molar-refractivity contribution in [2.24, 2.45) is 10.7 Å². The molecule has 0 atom stereocenters. The average Bonchev–Trinajstić information content (AvgIpc) is 2.34. The molecule has 1 saturated carbocycles. The normalized spacial score (nSPS) is 28.2. The lowest BCUT2D eigenvalue weighted by Crippen LogP contribution is -2.49. The number of aliphatic imine (C=N–C) groups is 1. The van der Waals surface area contributed by atoms with Crippen LogP contribution in [0.1, 0.15) is 32.1 Å². The van der Waals surface area contributed by atoms with Gasteiger partial charge >= 0.3 is 0 Å². The van der Waals surface area contributed by atoms with Crippen molar-refractivity contribution in [1.29, 1.82) is 0 Å². The second-order valence-corrected chi connectivity index (χ2v) is 3.67. The van der Waals surface area contributed by atoms with Crippen molar-refractivity contribution in [3.05, 3.63) is 0 Å². The van der Waals surface area contributed by atoms with E-state index in [9.17, 15) is 0 Å². The quantitative estimate of drug-likeness (QED) is 0.535. The molecule has 0 unspecified atom stereocenters. The van der Waals surface area contributed by atoms with Gasteiger partial charge in [0.05, 0.1) is 12.1 Å². The number of nitrogens with one attached hydrogen (secondary N) is 1. The van der Waals surface area contributed by atoms with E-state index in [0.29, 0.717) is 5.96 Å². The van der Waals surface area contributed by atoms with Crippen LogP contribution >= 0.6 is 0 Å². The van der Waals surface area contributed by atoms with Gasteiger partial charge in [0.1, 0.15) is 0 Å². The van der Waals surface area contributed by atoms with E-state index < -0.39 is 0 Å². The first-order chi connectivity index (χ1) is 5.31. The molecular weight excluding hydrogens is 138 g/mol. The summed E-state index contributed by atoms with van der Waals surface area (Å²) in [5.41, 5.74) is 5.85. The van der Waals surface area contributed by atoms with Crippen LogP contribution in [-0.2, 0) is 0 Å². The Labute approximate surface area is 67.1 Å². The molecule has 1 spiro atoms. The Morgan fingerprint density at radius 2 is 2.00 bits per heavy atom. The molecule has 1 aliphatic carbocycles. The molecule has 3 nitrogen and oxygen atoms in total. The van der Waals surface area contributed by atoms with Gasteiger partial charge in [0.25, 0.3) is 0 Å². The molecule has 0 aromatic carbocycles. The minimum Gasteiger partial charge on any atom is -0.370 e. The van der Waals surface area contributed by atoms with Gasteiger partial charge in [0.15, 0.2) is 5.96 Å². The van der Waals surface area contributed by atoms with Crippen LogP contribution in [0.3, 0.4) is 0 Å². The number of guanidine groups is 1. The molecule has 1 heterocycles. The van der Waals surface area contributed by atoms with Crippen LogP contribution in [0.5, 0.6) is 0 Å². The van der Waals surface area contributed by atoms with Gasteiger partial charge in [-0.05, 0) is 12.8 Å². The van der Waals surface area contributed by atoms with Crippen LogP contribution in [0.2, 0.25) is 0 Å². The molecule has 0 saturated heterocycles. The highest BCUT2D eigenvalue weighted by Crippen LogP contribution is 2.30. The van der Waals surface area contributed by atoms with Gasteiger partial charge in [-0.25, -0.2) is 0 Å². The summed E-state index contributed by atoms with van der Waals surface area (Å²) in [7, 11) is 0. The molecule has 3 heteroatoms. The van der Waals surface area contributed by atoms with Crippen LogP contribution in [0.15, 0.2) is 4.99 Å². The zero-order chi connectivity index (χ0) is 7.73. The van der Waals surface area contributed by atoms with Crippen LogP contribution < -0.4 is 11.1 Å². The molecular formula is C8H15N3. The number of rotatable bonds is 0. The highest BCUT2D eigenvalue weighted by molar-refractivity contribution is 5.80. The Morgan fingerprint density at radius 1 is 1.27 bits per heavy atom. The molecule has 0 bridgehead atoms. The van der Waals surface area contributed by atoms with Gasteiger partial charge in [-0.1, -0.05) is 19.3 Å². The van der Waals surface area contributed by atoms with Gasteiger partial charge in [0.2, 0.25) is 0 Å². The van der Waals surface area contributed by atoms with Crippen molar-refractivity contribution >= 4 is 5.96 Å². The maximum Gasteiger partial charge on any atom is 0.189 e. The fraction of sp³-hybridized carbons (Fsp3) is 0.875. The highest BCUT2D eigenvalue weighted by atomic mass is 15.2. The van der Waals surface area contributed by atoms with E-state index in [1.54, 1.807) is 0 Å². The first-order valence-corrected chi connectivity index (χ1v) is 4.39. The second-order valence-electron chi connectivity index (χ2n) is 3.67. The lowest BCUT2D eigenvalue weighted by molar-refractivity contribution is 0.288. The summed E-state index contributed by atoms with van der Waals surface area (Å²) < 4.78 is 0. The smallest absolute Gasteiger partial charge is 0.189 e. The lowest BCUT2D eigenvalue weighted by Gasteiger charge is -2.32. The predicted molar refractivity (Wildman–Crippen MR) is 45.4 cm³/mol. The van der Waals surface area contributed by atoms with Crippen LogP contribution in [-0.4, -0.2) is 18.0 Å².